The maximum atomic E-state index is 13.9. The maximum absolute atomic E-state index is 13.9. The van der Waals surface area contributed by atoms with Gasteiger partial charge in [-0.25, -0.2) is 13.2 Å². The lowest BCUT2D eigenvalue weighted by Gasteiger charge is -2.22. The zero-order valence-electron chi connectivity index (χ0n) is 30.0. The number of nitrogens with one attached hydrogen (secondary N) is 4. The van der Waals surface area contributed by atoms with Crippen molar-refractivity contribution in [2.75, 3.05) is 26.0 Å². The van der Waals surface area contributed by atoms with E-state index in [2.05, 4.69) is 21.3 Å². The van der Waals surface area contributed by atoms with Crippen LogP contribution in [-0.4, -0.2) is 80.8 Å². The Morgan fingerprint density at radius 1 is 0.923 bits per heavy atom. The van der Waals surface area contributed by atoms with E-state index in [0.717, 1.165) is 41.0 Å². The lowest BCUT2D eigenvalue weighted by molar-refractivity contribution is -0.157. The highest BCUT2D eigenvalue weighted by molar-refractivity contribution is 7.94. The second kappa shape index (κ2) is 14.9. The Balaban J connectivity index is 1.28. The number of hydrogen-bond acceptors (Lipinski definition) is 9. The van der Waals surface area contributed by atoms with Crippen molar-refractivity contribution >= 4 is 50.4 Å². The van der Waals surface area contributed by atoms with Gasteiger partial charge in [0.2, 0.25) is 17.7 Å². The first-order chi connectivity index (χ1) is 24.4. The topological polar surface area (TPSA) is 186 Å². The van der Waals surface area contributed by atoms with Crippen LogP contribution in [0.2, 0.25) is 0 Å². The highest BCUT2D eigenvalue weighted by atomic mass is 32.2. The zero-order valence-corrected chi connectivity index (χ0v) is 30.9. The number of allylic oxidation sites excluding steroid dienone is 3. The molecule has 3 aliphatic carbocycles. The fraction of sp³-hybridized carbons (Fsp3) is 0.447. The smallest absolute Gasteiger partial charge is 0.407 e. The molecule has 0 radical (unpaired) electrons. The Bertz CT molecular complexity index is 1980. The molecule has 0 saturated heterocycles. The molecule has 14 heteroatoms. The largest absolute Gasteiger partial charge is 0.460 e. The molecular weight excluding hydrogens is 689 g/mol. The molecule has 0 aliphatic heterocycles. The fourth-order valence-corrected chi connectivity index (χ4v) is 6.85. The number of benzene rings is 2. The predicted molar refractivity (Wildman–Crippen MR) is 194 cm³/mol. The summed E-state index contributed by atoms with van der Waals surface area (Å²) in [4.78, 5) is 65.7. The van der Waals surface area contributed by atoms with Crippen LogP contribution in [-0.2, 0) is 38.5 Å². The minimum atomic E-state index is -3.62. The molecule has 0 spiro atoms. The van der Waals surface area contributed by atoms with Crippen LogP contribution in [0.4, 0.5) is 4.79 Å². The molecule has 2 aromatic carbocycles. The number of carbonyl (C=O) groups is 5. The number of hydrogen-bond donors (Lipinski definition) is 4. The summed E-state index contributed by atoms with van der Waals surface area (Å²) in [6, 6.07) is 13.3. The van der Waals surface area contributed by atoms with E-state index in [4.69, 9.17) is 9.47 Å². The third-order valence-electron chi connectivity index (χ3n) is 9.28. The quantitative estimate of drug-likeness (QED) is 0.224. The first kappa shape index (κ1) is 38.3. The zero-order chi connectivity index (χ0) is 37.9. The van der Waals surface area contributed by atoms with Crippen molar-refractivity contribution in [2.24, 2.45) is 5.92 Å². The van der Waals surface area contributed by atoms with Crippen LogP contribution in [0.1, 0.15) is 64.9 Å². The second-order valence-electron chi connectivity index (χ2n) is 14.6. The van der Waals surface area contributed by atoms with Gasteiger partial charge in [-0.2, -0.15) is 0 Å². The second-order valence-corrected chi connectivity index (χ2v) is 16.8. The Kier molecular flexibility index (Phi) is 11.0. The van der Waals surface area contributed by atoms with Crippen molar-refractivity contribution in [1.82, 2.24) is 21.3 Å². The number of amides is 4. The molecule has 4 N–H and O–H groups in total. The van der Waals surface area contributed by atoms with Crippen molar-refractivity contribution in [3.63, 3.8) is 0 Å². The van der Waals surface area contributed by atoms with Gasteiger partial charge in [-0.3, -0.25) is 19.2 Å². The molecule has 0 heterocycles. The lowest BCUT2D eigenvalue weighted by atomic mass is 9.98. The monoisotopic (exact) mass is 734 g/mol. The minimum absolute atomic E-state index is 0.0270. The molecule has 278 valence electrons. The molecule has 4 amide bonds. The summed E-state index contributed by atoms with van der Waals surface area (Å²) in [6.07, 6.45) is 9.55. The molecule has 0 aromatic heterocycles. The van der Waals surface area contributed by atoms with Crippen LogP contribution in [0.3, 0.4) is 0 Å². The number of fused-ring (bicyclic) bond motifs is 1. The van der Waals surface area contributed by atoms with E-state index in [1.807, 2.05) is 60.7 Å². The molecule has 5 rings (SSSR count). The predicted octanol–water partition coefficient (Wildman–Crippen LogP) is 3.47. The van der Waals surface area contributed by atoms with Crippen LogP contribution >= 0.6 is 0 Å². The van der Waals surface area contributed by atoms with E-state index in [1.54, 1.807) is 20.8 Å². The normalized spacial score (nSPS) is 23.9. The Labute approximate surface area is 303 Å². The summed E-state index contributed by atoms with van der Waals surface area (Å²) >= 11 is 0. The Morgan fingerprint density at radius 3 is 2.31 bits per heavy atom. The summed E-state index contributed by atoms with van der Waals surface area (Å²) in [5, 5.41) is 12.4. The number of alkyl carbamates (subject to hydrolysis) is 1. The van der Waals surface area contributed by atoms with Crippen LogP contribution in [0.15, 0.2) is 77.2 Å². The fourth-order valence-electron chi connectivity index (χ4n) is 6.43. The first-order valence-corrected chi connectivity index (χ1v) is 19.1. The van der Waals surface area contributed by atoms with E-state index in [9.17, 15) is 32.4 Å². The average Bonchev–Trinajstić information content (AvgIpc) is 3.99. The third-order valence-corrected chi connectivity index (χ3v) is 10.6. The highest BCUT2D eigenvalue weighted by Gasteiger charge is 2.62. The number of carbonyl (C=O) groups excluding carboxylic acids is 5. The van der Waals surface area contributed by atoms with Crippen molar-refractivity contribution in [1.29, 1.82) is 0 Å². The number of esters is 1. The summed E-state index contributed by atoms with van der Waals surface area (Å²) in [7, 11) is -3.62. The maximum Gasteiger partial charge on any atom is 0.407 e. The molecule has 1 unspecified atom stereocenters. The molecule has 0 bridgehead atoms. The molecule has 4 atom stereocenters. The van der Waals surface area contributed by atoms with Crippen LogP contribution in [0.5, 0.6) is 0 Å². The van der Waals surface area contributed by atoms with Crippen LogP contribution in [0, 0.1) is 5.92 Å². The Morgan fingerprint density at radius 2 is 1.62 bits per heavy atom. The first-order valence-electron chi connectivity index (χ1n) is 17.2. The van der Waals surface area contributed by atoms with Gasteiger partial charge >= 0.3 is 12.1 Å². The van der Waals surface area contributed by atoms with Gasteiger partial charge in [0.05, 0.1) is 18.0 Å². The molecule has 2 fully saturated rings. The van der Waals surface area contributed by atoms with Gasteiger partial charge in [-0.05, 0) is 81.4 Å². The van der Waals surface area contributed by atoms with Gasteiger partial charge in [-0.1, -0.05) is 60.7 Å². The van der Waals surface area contributed by atoms with Crippen LogP contribution < -0.4 is 21.3 Å². The summed E-state index contributed by atoms with van der Waals surface area (Å²) in [5.41, 5.74) is -1.87. The molecule has 2 aromatic rings. The standard InChI is InChI=1S/C38H46N4O9S/c1-24(52(5,48)49)18-37(19-30(37)33(45)51-36(2,3)4)41-31(43)21-39-34(46)38(20-29(38)28-17-11-15-26-14-9-10-16-27(26)28)42-32(44)22-40-35(47)50-23-25-12-7-6-8-13-25/h7,9-18,29-30H,6,8,19-23H2,1-5H3,(H,39,46)(H,40,47)(H,41,43)(H,42,44)/t29-,30-,37+,38?/m0/s1. The van der Waals surface area contributed by atoms with Gasteiger partial charge in [0.25, 0.3) is 0 Å². The van der Waals surface area contributed by atoms with Crippen molar-refractivity contribution < 1.29 is 41.9 Å². The molecule has 52 heavy (non-hydrogen) atoms. The highest BCUT2D eigenvalue weighted by Crippen LogP contribution is 2.53. The van der Waals surface area contributed by atoms with Gasteiger partial charge in [-0.15, -0.1) is 0 Å². The van der Waals surface area contributed by atoms with Gasteiger partial charge in [0.1, 0.15) is 24.3 Å². The number of sulfone groups is 1. The van der Waals surface area contributed by atoms with Gasteiger partial charge in [0, 0.05) is 17.1 Å². The molecular formula is C38H46N4O9S. The van der Waals surface area contributed by atoms with Crippen LogP contribution in [0.25, 0.3) is 10.8 Å². The van der Waals surface area contributed by atoms with Gasteiger partial charge < -0.3 is 30.7 Å². The van der Waals surface area contributed by atoms with Crippen molar-refractivity contribution in [2.45, 2.75) is 76.0 Å². The van der Waals surface area contributed by atoms with Crippen molar-refractivity contribution in [3.8, 4) is 0 Å². The lowest BCUT2D eigenvalue weighted by Crippen LogP contribution is -2.54. The van der Waals surface area contributed by atoms with E-state index in [0.29, 0.717) is 0 Å². The minimum Gasteiger partial charge on any atom is -0.460 e. The summed E-state index contributed by atoms with van der Waals surface area (Å²) < 4.78 is 35.2. The number of ether oxygens (including phenoxy) is 2. The average molecular weight is 735 g/mol. The summed E-state index contributed by atoms with van der Waals surface area (Å²) in [5.74, 6) is -3.80. The number of rotatable bonds is 13. The van der Waals surface area contributed by atoms with E-state index < -0.39 is 81.2 Å². The third kappa shape index (κ3) is 9.27. The summed E-state index contributed by atoms with van der Waals surface area (Å²) in [6.45, 7) is 5.57. The molecule has 3 aliphatic rings. The molecule has 2 saturated carbocycles. The Hall–Kier alpha value is -4.98. The molecule has 13 nitrogen and oxygen atoms in total. The van der Waals surface area contributed by atoms with Gasteiger partial charge in [0.15, 0.2) is 9.84 Å². The van der Waals surface area contributed by atoms with E-state index in [-0.39, 0.29) is 24.4 Å². The van der Waals surface area contributed by atoms with E-state index >= 15 is 0 Å². The van der Waals surface area contributed by atoms with Crippen molar-refractivity contribution in [3.05, 3.63) is 82.8 Å². The van der Waals surface area contributed by atoms with E-state index in [1.165, 1.54) is 13.0 Å². The SMILES string of the molecule is CC(=C[C@@]1(NC(=O)CNC(=O)C2(NC(=O)CNC(=O)OCC3=CCCC=C3)C[C@H]2c2cccc3ccccc23)C[C@H]1C(=O)OC(C)(C)C)S(C)(=O)=O.